The summed E-state index contributed by atoms with van der Waals surface area (Å²) in [6.45, 7) is 4.21. The smallest absolute Gasteiger partial charge is 0.134 e. The highest BCUT2D eigenvalue weighted by Gasteiger charge is 2.09. The highest BCUT2D eigenvalue weighted by Crippen LogP contribution is 2.19. The molecule has 0 aliphatic carbocycles. The molecular formula is C16H22N4. The van der Waals surface area contributed by atoms with E-state index in [1.807, 2.05) is 14.0 Å². The van der Waals surface area contributed by atoms with Crippen molar-refractivity contribution in [3.8, 4) is 0 Å². The first-order valence-corrected chi connectivity index (χ1v) is 7.00. The van der Waals surface area contributed by atoms with Gasteiger partial charge in [-0.05, 0) is 32.3 Å². The number of benzene rings is 1. The van der Waals surface area contributed by atoms with Crippen LogP contribution in [0.5, 0.6) is 0 Å². The van der Waals surface area contributed by atoms with Gasteiger partial charge in [0.2, 0.25) is 0 Å². The normalized spacial score (nSPS) is 11.9. The molecule has 1 unspecified atom stereocenters. The zero-order chi connectivity index (χ0) is 14.4. The minimum atomic E-state index is 0.369. The fourth-order valence-corrected chi connectivity index (χ4v) is 2.18. The first-order chi connectivity index (χ1) is 9.70. The second-order valence-electron chi connectivity index (χ2n) is 5.02. The third kappa shape index (κ3) is 3.70. The number of hydrogen-bond acceptors (Lipinski definition) is 4. The molecule has 0 bridgehead atoms. The summed E-state index contributed by atoms with van der Waals surface area (Å²) in [5.41, 5.74) is 2.43. The molecule has 0 amide bonds. The Morgan fingerprint density at radius 1 is 1.10 bits per heavy atom. The maximum absolute atomic E-state index is 4.32. The van der Waals surface area contributed by atoms with E-state index in [2.05, 4.69) is 57.9 Å². The third-order valence-corrected chi connectivity index (χ3v) is 3.41. The molecule has 4 nitrogen and oxygen atoms in total. The third-order valence-electron chi connectivity index (χ3n) is 3.41. The van der Waals surface area contributed by atoms with Crippen LogP contribution in [0.15, 0.2) is 36.7 Å². The molecule has 2 aromatic rings. The van der Waals surface area contributed by atoms with Crippen LogP contribution in [-0.2, 0) is 6.42 Å². The summed E-state index contributed by atoms with van der Waals surface area (Å²) < 4.78 is 0. The Morgan fingerprint density at radius 2 is 1.80 bits per heavy atom. The average molecular weight is 270 g/mol. The van der Waals surface area contributed by atoms with Gasteiger partial charge in [0.15, 0.2) is 0 Å². The van der Waals surface area contributed by atoms with E-state index in [1.54, 1.807) is 6.33 Å². The number of rotatable bonds is 6. The van der Waals surface area contributed by atoms with E-state index in [4.69, 9.17) is 0 Å². The molecule has 2 rings (SSSR count). The fraction of sp³-hybridized carbons (Fsp3) is 0.375. The fourth-order valence-electron chi connectivity index (χ4n) is 2.18. The maximum atomic E-state index is 4.32. The molecule has 1 atom stereocenters. The van der Waals surface area contributed by atoms with Crippen molar-refractivity contribution in [2.45, 2.75) is 32.7 Å². The van der Waals surface area contributed by atoms with E-state index in [9.17, 15) is 0 Å². The summed E-state index contributed by atoms with van der Waals surface area (Å²) in [7, 11) is 1.87. The quantitative estimate of drug-likeness (QED) is 0.846. The Morgan fingerprint density at radius 3 is 2.50 bits per heavy atom. The van der Waals surface area contributed by atoms with Crippen LogP contribution in [0, 0.1) is 6.92 Å². The highest BCUT2D eigenvalue weighted by molar-refractivity contribution is 5.56. The van der Waals surface area contributed by atoms with E-state index >= 15 is 0 Å². The molecule has 0 fully saturated rings. The maximum Gasteiger partial charge on any atom is 0.134 e. The van der Waals surface area contributed by atoms with Crippen molar-refractivity contribution in [3.05, 3.63) is 47.8 Å². The van der Waals surface area contributed by atoms with E-state index in [1.165, 1.54) is 5.56 Å². The van der Waals surface area contributed by atoms with Crippen molar-refractivity contribution in [3.63, 3.8) is 0 Å². The van der Waals surface area contributed by atoms with Gasteiger partial charge in [0.25, 0.3) is 0 Å². The molecule has 0 saturated carbocycles. The van der Waals surface area contributed by atoms with Crippen LogP contribution in [0.3, 0.4) is 0 Å². The zero-order valence-corrected chi connectivity index (χ0v) is 12.4. The first kappa shape index (κ1) is 14.3. The van der Waals surface area contributed by atoms with E-state index in [0.717, 1.165) is 30.0 Å². The molecule has 0 aliphatic rings. The zero-order valence-electron chi connectivity index (χ0n) is 12.4. The topological polar surface area (TPSA) is 49.8 Å². The number of nitrogens with zero attached hydrogens (tertiary/aromatic N) is 2. The molecule has 4 heteroatoms. The van der Waals surface area contributed by atoms with Crippen LogP contribution < -0.4 is 10.6 Å². The van der Waals surface area contributed by atoms with Gasteiger partial charge in [-0.1, -0.05) is 30.3 Å². The van der Waals surface area contributed by atoms with Gasteiger partial charge < -0.3 is 10.6 Å². The molecule has 0 saturated heterocycles. The summed E-state index contributed by atoms with van der Waals surface area (Å²) in [6, 6.07) is 10.9. The largest absolute Gasteiger partial charge is 0.373 e. The van der Waals surface area contributed by atoms with Crippen LogP contribution >= 0.6 is 0 Å². The minimum Gasteiger partial charge on any atom is -0.373 e. The lowest BCUT2D eigenvalue weighted by Gasteiger charge is -2.17. The van der Waals surface area contributed by atoms with Crippen molar-refractivity contribution in [1.29, 1.82) is 0 Å². The highest BCUT2D eigenvalue weighted by atomic mass is 15.1. The number of nitrogens with one attached hydrogen (secondary N) is 2. The SMILES string of the molecule is CNc1ncnc(NC(C)CCc2ccccc2)c1C. The van der Waals surface area contributed by atoms with E-state index in [0.29, 0.717) is 6.04 Å². The van der Waals surface area contributed by atoms with Crippen molar-refractivity contribution in [2.75, 3.05) is 17.7 Å². The monoisotopic (exact) mass is 270 g/mol. The molecule has 1 heterocycles. The molecule has 0 radical (unpaired) electrons. The van der Waals surface area contributed by atoms with Gasteiger partial charge in [-0.15, -0.1) is 0 Å². The molecule has 2 N–H and O–H groups in total. The summed E-state index contributed by atoms with van der Waals surface area (Å²) in [4.78, 5) is 8.52. The van der Waals surface area contributed by atoms with Gasteiger partial charge in [0.1, 0.15) is 18.0 Å². The van der Waals surface area contributed by atoms with Gasteiger partial charge >= 0.3 is 0 Å². The Bertz CT molecular complexity index is 539. The minimum absolute atomic E-state index is 0.369. The molecule has 1 aromatic carbocycles. The number of hydrogen-bond donors (Lipinski definition) is 2. The standard InChI is InChI=1S/C16H22N4/c1-12(9-10-14-7-5-4-6-8-14)20-16-13(2)15(17-3)18-11-19-16/h4-8,11-12H,9-10H2,1-3H3,(H2,17,18,19,20). The predicted molar refractivity (Wildman–Crippen MR) is 84.2 cm³/mol. The first-order valence-electron chi connectivity index (χ1n) is 7.00. The Hall–Kier alpha value is -2.10. The molecule has 1 aromatic heterocycles. The second kappa shape index (κ2) is 6.89. The van der Waals surface area contributed by atoms with Gasteiger partial charge in [-0.2, -0.15) is 0 Å². The van der Waals surface area contributed by atoms with Crippen molar-refractivity contribution < 1.29 is 0 Å². The van der Waals surface area contributed by atoms with E-state index < -0.39 is 0 Å². The number of anilines is 2. The van der Waals surface area contributed by atoms with Crippen LogP contribution in [-0.4, -0.2) is 23.1 Å². The molecule has 106 valence electrons. The second-order valence-corrected chi connectivity index (χ2v) is 5.02. The summed E-state index contributed by atoms with van der Waals surface area (Å²) in [6.07, 6.45) is 3.73. The van der Waals surface area contributed by atoms with Crippen LogP contribution in [0.1, 0.15) is 24.5 Å². The van der Waals surface area contributed by atoms with Gasteiger partial charge in [-0.25, -0.2) is 9.97 Å². The molecule has 0 spiro atoms. The van der Waals surface area contributed by atoms with E-state index in [-0.39, 0.29) is 0 Å². The average Bonchev–Trinajstić information content (AvgIpc) is 2.48. The number of aryl methyl sites for hydroxylation is 1. The van der Waals surface area contributed by atoms with Crippen LogP contribution in [0.4, 0.5) is 11.6 Å². The van der Waals surface area contributed by atoms with Gasteiger partial charge in [0, 0.05) is 18.7 Å². The van der Waals surface area contributed by atoms with Crippen LogP contribution in [0.2, 0.25) is 0 Å². The van der Waals surface area contributed by atoms with Crippen LogP contribution in [0.25, 0.3) is 0 Å². The van der Waals surface area contributed by atoms with Gasteiger partial charge in [-0.3, -0.25) is 0 Å². The summed E-state index contributed by atoms with van der Waals surface area (Å²) in [5, 5.41) is 6.54. The Balaban J connectivity index is 1.93. The van der Waals surface area contributed by atoms with Crippen molar-refractivity contribution >= 4 is 11.6 Å². The lowest BCUT2D eigenvalue weighted by molar-refractivity contribution is 0.701. The lowest BCUT2D eigenvalue weighted by atomic mass is 10.1. The summed E-state index contributed by atoms with van der Waals surface area (Å²) >= 11 is 0. The Kier molecular flexibility index (Phi) is 4.93. The molecule has 0 aliphatic heterocycles. The number of aromatic nitrogens is 2. The summed E-state index contributed by atoms with van der Waals surface area (Å²) in [5.74, 6) is 1.78. The van der Waals surface area contributed by atoms with Gasteiger partial charge in [0.05, 0.1) is 0 Å². The Labute approximate surface area is 120 Å². The molecular weight excluding hydrogens is 248 g/mol. The van der Waals surface area contributed by atoms with Crippen molar-refractivity contribution in [2.24, 2.45) is 0 Å². The lowest BCUT2D eigenvalue weighted by Crippen LogP contribution is -2.18. The predicted octanol–water partition coefficient (Wildman–Crippen LogP) is 3.26. The van der Waals surface area contributed by atoms with Crippen molar-refractivity contribution in [1.82, 2.24) is 9.97 Å². The molecule has 20 heavy (non-hydrogen) atoms.